The lowest BCUT2D eigenvalue weighted by molar-refractivity contribution is 0.207. The zero-order chi connectivity index (χ0) is 19.0. The predicted octanol–water partition coefficient (Wildman–Crippen LogP) is 3.64. The van der Waals surface area contributed by atoms with Crippen molar-refractivity contribution < 1.29 is 9.47 Å². The third-order valence-corrected chi connectivity index (χ3v) is 5.50. The Bertz CT molecular complexity index is 1230. The fraction of sp³-hybridized carbons (Fsp3) is 0.238. The Labute approximate surface area is 160 Å². The molecule has 0 saturated carbocycles. The highest BCUT2D eigenvalue weighted by Crippen LogP contribution is 2.29. The quantitative estimate of drug-likeness (QED) is 0.530. The molecule has 2 heterocycles. The minimum atomic E-state index is -0.0531. The van der Waals surface area contributed by atoms with Crippen molar-refractivity contribution in [1.29, 1.82) is 0 Å². The van der Waals surface area contributed by atoms with Gasteiger partial charge in [-0.15, -0.1) is 0 Å². The van der Waals surface area contributed by atoms with Crippen molar-refractivity contribution in [3.05, 3.63) is 62.9 Å². The Balaban J connectivity index is 1.79. The molecule has 27 heavy (non-hydrogen) atoms. The Morgan fingerprint density at radius 1 is 1.22 bits per heavy atom. The summed E-state index contributed by atoms with van der Waals surface area (Å²) in [6.07, 6.45) is 2.89. The number of fused-ring (bicyclic) bond motifs is 3. The lowest BCUT2D eigenvalue weighted by atomic mass is 10.2. The summed E-state index contributed by atoms with van der Waals surface area (Å²) in [4.78, 5) is 18.1. The number of para-hydroxylation sites is 2. The first-order valence-electron chi connectivity index (χ1n) is 8.87. The van der Waals surface area contributed by atoms with Gasteiger partial charge in [-0.2, -0.15) is 0 Å². The molecule has 1 atom stereocenters. The van der Waals surface area contributed by atoms with Crippen molar-refractivity contribution in [2.75, 3.05) is 7.11 Å². The molecule has 2 aromatic carbocycles. The predicted molar refractivity (Wildman–Crippen MR) is 109 cm³/mol. The number of benzene rings is 2. The number of methoxy groups -OCH3 is 1. The molecule has 4 rings (SSSR count). The fourth-order valence-electron chi connectivity index (χ4n) is 2.93. The van der Waals surface area contributed by atoms with Gasteiger partial charge in [-0.25, -0.2) is 9.38 Å². The van der Waals surface area contributed by atoms with Gasteiger partial charge < -0.3 is 9.47 Å². The van der Waals surface area contributed by atoms with E-state index >= 15 is 0 Å². The van der Waals surface area contributed by atoms with E-state index < -0.39 is 0 Å². The molecule has 0 aliphatic carbocycles. The van der Waals surface area contributed by atoms with E-state index in [0.717, 1.165) is 23.0 Å². The maximum Gasteiger partial charge on any atom is 0.274 e. The molecule has 0 fully saturated rings. The second-order valence-electron chi connectivity index (χ2n) is 6.38. The van der Waals surface area contributed by atoms with E-state index in [2.05, 4.69) is 11.9 Å². The first-order chi connectivity index (χ1) is 13.1. The molecule has 0 aliphatic rings. The molecule has 0 N–H and O–H groups in total. The molecule has 0 saturated heterocycles. The van der Waals surface area contributed by atoms with Crippen LogP contribution in [0.5, 0.6) is 11.5 Å². The lowest BCUT2D eigenvalue weighted by Crippen LogP contribution is -2.22. The maximum absolute atomic E-state index is 12.9. The van der Waals surface area contributed by atoms with Crippen molar-refractivity contribution in [3.8, 4) is 11.5 Å². The number of rotatable bonds is 5. The smallest absolute Gasteiger partial charge is 0.274 e. The molecule has 5 nitrogen and oxygen atoms in total. The number of imidazole rings is 1. The van der Waals surface area contributed by atoms with Gasteiger partial charge in [-0.1, -0.05) is 36.5 Å². The molecular formula is C21H20N2O3S. The van der Waals surface area contributed by atoms with Gasteiger partial charge in [0.15, 0.2) is 16.5 Å². The van der Waals surface area contributed by atoms with E-state index in [1.165, 1.54) is 11.3 Å². The van der Waals surface area contributed by atoms with Crippen molar-refractivity contribution in [2.24, 2.45) is 0 Å². The van der Waals surface area contributed by atoms with E-state index in [1.54, 1.807) is 11.5 Å². The summed E-state index contributed by atoms with van der Waals surface area (Å²) in [5.41, 5.74) is 2.50. The Hall–Kier alpha value is -2.86. The second kappa shape index (κ2) is 7.04. The maximum atomic E-state index is 12.9. The van der Waals surface area contributed by atoms with Crippen molar-refractivity contribution in [3.63, 3.8) is 0 Å². The zero-order valence-corrected chi connectivity index (χ0v) is 16.2. The normalized spacial score (nSPS) is 13.4. The topological polar surface area (TPSA) is 52.8 Å². The average Bonchev–Trinajstić information content (AvgIpc) is 3.19. The number of hydrogen-bond acceptors (Lipinski definition) is 5. The number of aromatic nitrogens is 2. The van der Waals surface area contributed by atoms with Crippen LogP contribution in [0.15, 0.2) is 47.3 Å². The van der Waals surface area contributed by atoms with E-state index in [0.29, 0.717) is 21.0 Å². The van der Waals surface area contributed by atoms with E-state index in [9.17, 15) is 4.79 Å². The molecule has 0 radical (unpaired) electrons. The molecule has 0 bridgehead atoms. The average molecular weight is 380 g/mol. The molecule has 4 aromatic rings. The highest BCUT2D eigenvalue weighted by atomic mass is 32.1. The van der Waals surface area contributed by atoms with Gasteiger partial charge in [0.1, 0.15) is 0 Å². The van der Waals surface area contributed by atoms with Gasteiger partial charge in [-0.05, 0) is 49.2 Å². The first-order valence-corrected chi connectivity index (χ1v) is 9.68. The van der Waals surface area contributed by atoms with Gasteiger partial charge in [-0.3, -0.25) is 4.79 Å². The van der Waals surface area contributed by atoms with Crippen molar-refractivity contribution >= 4 is 33.4 Å². The highest BCUT2D eigenvalue weighted by Gasteiger charge is 2.12. The van der Waals surface area contributed by atoms with Crippen LogP contribution in [0.1, 0.15) is 25.8 Å². The molecule has 0 spiro atoms. The van der Waals surface area contributed by atoms with Crippen LogP contribution in [-0.4, -0.2) is 22.6 Å². The second-order valence-corrected chi connectivity index (χ2v) is 7.39. The number of nitrogens with zero attached hydrogens (tertiary/aromatic N) is 2. The van der Waals surface area contributed by atoms with Gasteiger partial charge in [0, 0.05) is 0 Å². The zero-order valence-electron chi connectivity index (χ0n) is 15.4. The third kappa shape index (κ3) is 3.17. The van der Waals surface area contributed by atoms with Crippen LogP contribution in [0.2, 0.25) is 0 Å². The Morgan fingerprint density at radius 2 is 2.04 bits per heavy atom. The van der Waals surface area contributed by atoms with Gasteiger partial charge in [0.25, 0.3) is 5.56 Å². The van der Waals surface area contributed by atoms with Crippen LogP contribution in [0.25, 0.3) is 22.1 Å². The summed E-state index contributed by atoms with van der Waals surface area (Å²) < 4.78 is 13.7. The van der Waals surface area contributed by atoms with Crippen LogP contribution in [0.3, 0.4) is 0 Å². The fourth-order valence-corrected chi connectivity index (χ4v) is 3.92. The SMILES string of the molecule is CC[C@H](C)Oc1ccc(/C=c2\sc3nc4ccccc4n3c2=O)cc1OC. The number of ether oxygens (including phenoxy) is 2. The summed E-state index contributed by atoms with van der Waals surface area (Å²) in [6.45, 7) is 4.10. The molecular weight excluding hydrogens is 360 g/mol. The highest BCUT2D eigenvalue weighted by molar-refractivity contribution is 7.15. The van der Waals surface area contributed by atoms with E-state index in [1.807, 2.05) is 55.5 Å². The minimum absolute atomic E-state index is 0.0531. The van der Waals surface area contributed by atoms with Crippen molar-refractivity contribution in [2.45, 2.75) is 26.4 Å². The summed E-state index contributed by atoms with van der Waals surface area (Å²) >= 11 is 1.39. The number of hydrogen-bond donors (Lipinski definition) is 0. The summed E-state index contributed by atoms with van der Waals surface area (Å²) in [5.74, 6) is 1.36. The van der Waals surface area contributed by atoms with Gasteiger partial charge >= 0.3 is 0 Å². The van der Waals surface area contributed by atoms with E-state index in [-0.39, 0.29) is 11.7 Å². The van der Waals surface area contributed by atoms with Crippen LogP contribution < -0.4 is 19.6 Å². The van der Waals surface area contributed by atoms with Crippen LogP contribution in [0, 0.1) is 0 Å². The molecule has 0 unspecified atom stereocenters. The molecule has 6 heteroatoms. The van der Waals surface area contributed by atoms with Crippen LogP contribution in [-0.2, 0) is 0 Å². The van der Waals surface area contributed by atoms with E-state index in [4.69, 9.17) is 9.47 Å². The summed E-state index contributed by atoms with van der Waals surface area (Å²) in [5, 5.41) is 0. The van der Waals surface area contributed by atoms with Crippen molar-refractivity contribution in [1.82, 2.24) is 9.38 Å². The standard InChI is InChI=1S/C21H20N2O3S/c1-4-13(2)26-17-10-9-14(11-18(17)25-3)12-19-20(24)23-16-8-6-5-7-15(16)22-21(23)27-19/h5-13H,4H2,1-3H3/b19-12-/t13-/m0/s1. The van der Waals surface area contributed by atoms with Crippen LogP contribution in [0.4, 0.5) is 0 Å². The molecule has 2 aromatic heterocycles. The Morgan fingerprint density at radius 3 is 2.81 bits per heavy atom. The lowest BCUT2D eigenvalue weighted by Gasteiger charge is -2.15. The molecule has 0 aliphatic heterocycles. The monoisotopic (exact) mass is 380 g/mol. The summed E-state index contributed by atoms with van der Waals surface area (Å²) in [7, 11) is 1.62. The van der Waals surface area contributed by atoms with Crippen LogP contribution >= 0.6 is 11.3 Å². The number of thiazole rings is 1. The first kappa shape index (κ1) is 17.5. The van der Waals surface area contributed by atoms with Gasteiger partial charge in [0.05, 0.1) is 28.8 Å². The molecule has 138 valence electrons. The minimum Gasteiger partial charge on any atom is -0.493 e. The molecule has 0 amide bonds. The third-order valence-electron chi connectivity index (χ3n) is 4.53. The van der Waals surface area contributed by atoms with Gasteiger partial charge in [0.2, 0.25) is 0 Å². The largest absolute Gasteiger partial charge is 0.493 e. The summed E-state index contributed by atoms with van der Waals surface area (Å²) in [6, 6.07) is 13.4. The Kier molecular flexibility index (Phi) is 4.58.